The van der Waals surface area contributed by atoms with Crippen LogP contribution < -0.4 is 0 Å². The van der Waals surface area contributed by atoms with E-state index < -0.39 is 0 Å². The molecule has 0 atom stereocenters. The van der Waals surface area contributed by atoms with Gasteiger partial charge in [-0.3, -0.25) is 0 Å². The fourth-order valence-electron chi connectivity index (χ4n) is 1.18. The molecular weight excluding hydrogens is 324 g/mol. The summed E-state index contributed by atoms with van der Waals surface area (Å²) in [5, 5.41) is 0.571. The number of nitrogens with zero attached hydrogens (tertiary/aromatic N) is 3. The lowest BCUT2D eigenvalue weighted by Gasteiger charge is -1.97. The van der Waals surface area contributed by atoms with Gasteiger partial charge in [0.15, 0.2) is 5.15 Å². The molecule has 0 fully saturated rings. The monoisotopic (exact) mass is 327 g/mol. The van der Waals surface area contributed by atoms with Gasteiger partial charge in [-0.2, -0.15) is 0 Å². The number of hydrogen-bond acceptors (Lipinski definition) is 2. The largest absolute Gasteiger partial charge is 0.346 e. The molecule has 0 bridgehead atoms. The maximum absolute atomic E-state index is 5.92. The molecular formula is C7H4Cl2IN3. The number of rotatable bonds is 0. The van der Waals surface area contributed by atoms with E-state index in [2.05, 4.69) is 32.6 Å². The summed E-state index contributed by atoms with van der Waals surface area (Å²) in [5.74, 6) is 0. The molecule has 13 heavy (non-hydrogen) atoms. The zero-order valence-electron chi connectivity index (χ0n) is 6.55. The lowest BCUT2D eigenvalue weighted by Crippen LogP contribution is -1.90. The van der Waals surface area contributed by atoms with E-state index in [1.807, 2.05) is 17.8 Å². The number of aryl methyl sites for hydroxylation is 1. The zero-order valence-corrected chi connectivity index (χ0v) is 10.2. The molecule has 0 aliphatic heterocycles. The van der Waals surface area contributed by atoms with Gasteiger partial charge in [0, 0.05) is 13.2 Å². The van der Waals surface area contributed by atoms with Gasteiger partial charge in [-0.15, -0.1) is 0 Å². The van der Waals surface area contributed by atoms with Crippen LogP contribution in [0.25, 0.3) is 11.0 Å². The van der Waals surface area contributed by atoms with Crippen LogP contribution >= 0.6 is 45.8 Å². The minimum Gasteiger partial charge on any atom is -0.346 e. The normalized spacial score (nSPS) is 11.1. The summed E-state index contributed by atoms with van der Waals surface area (Å²) in [6, 6.07) is 0. The second-order valence-corrected chi connectivity index (χ2v) is 4.43. The Morgan fingerprint density at radius 2 is 2.08 bits per heavy atom. The molecule has 68 valence electrons. The van der Waals surface area contributed by atoms with Crippen LogP contribution in [0.2, 0.25) is 10.4 Å². The fourth-order valence-corrected chi connectivity index (χ4v) is 2.49. The third-order valence-corrected chi connectivity index (χ3v) is 2.92. The Morgan fingerprint density at radius 3 is 2.77 bits per heavy atom. The van der Waals surface area contributed by atoms with Gasteiger partial charge < -0.3 is 4.57 Å². The summed E-state index contributed by atoms with van der Waals surface area (Å²) in [4.78, 5) is 7.97. The Morgan fingerprint density at radius 1 is 1.38 bits per heavy atom. The van der Waals surface area contributed by atoms with Crippen LogP contribution in [0.5, 0.6) is 0 Å². The van der Waals surface area contributed by atoms with E-state index in [0.717, 1.165) is 14.6 Å². The zero-order chi connectivity index (χ0) is 9.59. The average Bonchev–Trinajstić information content (AvgIpc) is 2.27. The van der Waals surface area contributed by atoms with E-state index in [-0.39, 0.29) is 5.28 Å². The van der Waals surface area contributed by atoms with Gasteiger partial charge in [0.2, 0.25) is 5.28 Å². The van der Waals surface area contributed by atoms with E-state index in [0.29, 0.717) is 5.15 Å². The van der Waals surface area contributed by atoms with Crippen LogP contribution in [0.15, 0.2) is 6.20 Å². The first-order chi connectivity index (χ1) is 6.09. The SMILES string of the molecule is Cn1cc(I)c2nc(Cl)nc(Cl)c21. The topological polar surface area (TPSA) is 30.7 Å². The first kappa shape index (κ1) is 9.48. The van der Waals surface area contributed by atoms with Crippen LogP contribution in [0.1, 0.15) is 0 Å². The van der Waals surface area contributed by atoms with Crippen LogP contribution in [-0.4, -0.2) is 14.5 Å². The van der Waals surface area contributed by atoms with Crippen molar-refractivity contribution in [2.45, 2.75) is 0 Å². The summed E-state index contributed by atoms with van der Waals surface area (Å²) < 4.78 is 2.90. The first-order valence-corrected chi connectivity index (χ1v) is 5.26. The van der Waals surface area contributed by atoms with Crippen molar-refractivity contribution in [3.63, 3.8) is 0 Å². The van der Waals surface area contributed by atoms with Gasteiger partial charge in [-0.05, 0) is 34.2 Å². The number of fused-ring (bicyclic) bond motifs is 1. The van der Waals surface area contributed by atoms with Gasteiger partial charge in [-0.25, -0.2) is 9.97 Å². The molecule has 0 aliphatic rings. The Labute approximate surface area is 98.2 Å². The Bertz CT molecular complexity index is 480. The van der Waals surface area contributed by atoms with E-state index in [9.17, 15) is 0 Å². The second-order valence-electron chi connectivity index (χ2n) is 2.57. The lowest BCUT2D eigenvalue weighted by atomic mass is 10.5. The Kier molecular flexibility index (Phi) is 2.37. The van der Waals surface area contributed by atoms with E-state index >= 15 is 0 Å². The van der Waals surface area contributed by atoms with E-state index in [1.54, 1.807) is 0 Å². The molecule has 3 nitrogen and oxygen atoms in total. The second kappa shape index (κ2) is 3.25. The van der Waals surface area contributed by atoms with Crippen molar-refractivity contribution in [3.05, 3.63) is 20.2 Å². The van der Waals surface area contributed by atoms with Crippen LogP contribution in [-0.2, 0) is 7.05 Å². The van der Waals surface area contributed by atoms with Crippen molar-refractivity contribution in [1.82, 2.24) is 14.5 Å². The first-order valence-electron chi connectivity index (χ1n) is 3.43. The molecule has 0 aliphatic carbocycles. The number of aromatic nitrogens is 3. The highest BCUT2D eigenvalue weighted by Crippen LogP contribution is 2.26. The summed E-state index contributed by atoms with van der Waals surface area (Å²) in [7, 11) is 1.90. The maximum atomic E-state index is 5.92. The van der Waals surface area contributed by atoms with E-state index in [4.69, 9.17) is 23.2 Å². The highest BCUT2D eigenvalue weighted by Gasteiger charge is 2.11. The maximum Gasteiger partial charge on any atom is 0.224 e. The van der Waals surface area contributed by atoms with Crippen molar-refractivity contribution < 1.29 is 0 Å². The van der Waals surface area contributed by atoms with Gasteiger partial charge in [0.05, 0.1) is 3.57 Å². The van der Waals surface area contributed by atoms with Crippen LogP contribution in [0, 0.1) is 3.57 Å². The Hall–Kier alpha value is -0.0700. The van der Waals surface area contributed by atoms with Gasteiger partial charge in [0.1, 0.15) is 11.0 Å². The summed E-state index contributed by atoms with van der Waals surface area (Å²) in [6.07, 6.45) is 1.93. The highest BCUT2D eigenvalue weighted by atomic mass is 127. The molecule has 0 radical (unpaired) electrons. The van der Waals surface area contributed by atoms with Crippen molar-refractivity contribution >= 4 is 56.8 Å². The molecule has 2 aromatic rings. The standard InChI is InChI=1S/C7H4Cl2IN3/c1-13-2-3(10)4-5(13)6(8)12-7(9)11-4/h2H,1H3. The minimum atomic E-state index is 0.182. The Balaban J connectivity index is 2.97. The quantitative estimate of drug-likeness (QED) is 0.423. The third kappa shape index (κ3) is 1.51. The van der Waals surface area contributed by atoms with Gasteiger partial charge >= 0.3 is 0 Å². The van der Waals surface area contributed by atoms with Crippen molar-refractivity contribution in [2.24, 2.45) is 7.05 Å². The van der Waals surface area contributed by atoms with Gasteiger partial charge in [0.25, 0.3) is 0 Å². The molecule has 0 N–H and O–H groups in total. The van der Waals surface area contributed by atoms with E-state index in [1.165, 1.54) is 0 Å². The summed E-state index contributed by atoms with van der Waals surface area (Å²) in [6.45, 7) is 0. The summed E-state index contributed by atoms with van der Waals surface area (Å²) >= 11 is 13.8. The van der Waals surface area contributed by atoms with Gasteiger partial charge in [-0.1, -0.05) is 11.6 Å². The number of halogens is 3. The fraction of sp³-hybridized carbons (Fsp3) is 0.143. The van der Waals surface area contributed by atoms with Crippen molar-refractivity contribution in [3.8, 4) is 0 Å². The molecule has 0 unspecified atom stereocenters. The average molecular weight is 328 g/mol. The van der Waals surface area contributed by atoms with Crippen LogP contribution in [0.4, 0.5) is 0 Å². The lowest BCUT2D eigenvalue weighted by molar-refractivity contribution is 0.960. The van der Waals surface area contributed by atoms with Crippen molar-refractivity contribution in [2.75, 3.05) is 0 Å². The number of hydrogen-bond donors (Lipinski definition) is 0. The minimum absolute atomic E-state index is 0.182. The molecule has 0 saturated carbocycles. The molecule has 0 aromatic carbocycles. The van der Waals surface area contributed by atoms with Crippen molar-refractivity contribution in [1.29, 1.82) is 0 Å². The molecule has 0 saturated heterocycles. The van der Waals surface area contributed by atoms with Crippen LogP contribution in [0.3, 0.4) is 0 Å². The predicted molar refractivity (Wildman–Crippen MR) is 61.2 cm³/mol. The molecule has 0 amide bonds. The molecule has 2 heterocycles. The summed E-state index contributed by atoms with van der Waals surface area (Å²) in [5.41, 5.74) is 1.61. The molecule has 6 heteroatoms. The molecule has 2 rings (SSSR count). The molecule has 2 aromatic heterocycles. The highest BCUT2D eigenvalue weighted by molar-refractivity contribution is 14.1. The smallest absolute Gasteiger partial charge is 0.224 e. The third-order valence-electron chi connectivity index (χ3n) is 1.70. The predicted octanol–water partition coefficient (Wildman–Crippen LogP) is 2.88. The molecule has 0 spiro atoms.